The number of carbonyl (C=O) groups excluding carboxylic acids is 2. The molecule has 1 atom stereocenters. The predicted octanol–water partition coefficient (Wildman–Crippen LogP) is 4.12. The lowest BCUT2D eigenvalue weighted by Gasteiger charge is -2.33. The van der Waals surface area contributed by atoms with Crippen LogP contribution in [0, 0.1) is 11.8 Å². The van der Waals surface area contributed by atoms with Gasteiger partial charge in [-0.3, -0.25) is 14.6 Å². The Hall–Kier alpha value is -3.15. The first-order valence-corrected chi connectivity index (χ1v) is 11.6. The molecule has 5 rings (SSSR count). The quantitative estimate of drug-likeness (QED) is 0.674. The van der Waals surface area contributed by atoms with Crippen molar-refractivity contribution in [2.75, 3.05) is 13.1 Å². The lowest BCUT2D eigenvalue weighted by Crippen LogP contribution is -2.43. The lowest BCUT2D eigenvalue weighted by molar-refractivity contribution is -0.126. The van der Waals surface area contributed by atoms with E-state index in [9.17, 15) is 9.59 Å². The number of amides is 2. The highest BCUT2D eigenvalue weighted by Crippen LogP contribution is 2.33. The average molecular weight is 432 g/mol. The van der Waals surface area contributed by atoms with Gasteiger partial charge in [-0.25, -0.2) is 0 Å². The smallest absolute Gasteiger partial charge is 0.254 e. The monoisotopic (exact) mass is 431 g/mol. The van der Waals surface area contributed by atoms with Gasteiger partial charge >= 0.3 is 0 Å². The number of rotatable bonds is 4. The van der Waals surface area contributed by atoms with Crippen LogP contribution in [-0.4, -0.2) is 34.8 Å². The minimum atomic E-state index is -0.0721. The van der Waals surface area contributed by atoms with Crippen LogP contribution in [0.2, 0.25) is 0 Å². The maximum absolute atomic E-state index is 13.7. The van der Waals surface area contributed by atoms with Gasteiger partial charge in [0.25, 0.3) is 5.91 Å². The molecule has 166 valence electrons. The zero-order valence-corrected chi connectivity index (χ0v) is 18.5. The van der Waals surface area contributed by atoms with Crippen molar-refractivity contribution in [3.63, 3.8) is 0 Å². The third-order valence-electron chi connectivity index (χ3n) is 6.89. The highest BCUT2D eigenvalue weighted by molar-refractivity contribution is 6.07. The van der Waals surface area contributed by atoms with Gasteiger partial charge in [0.2, 0.25) is 5.91 Å². The van der Waals surface area contributed by atoms with E-state index in [1.165, 1.54) is 0 Å². The van der Waals surface area contributed by atoms with Crippen LogP contribution in [0.4, 0.5) is 0 Å². The molecule has 32 heavy (non-hydrogen) atoms. The Morgan fingerprint density at radius 3 is 2.72 bits per heavy atom. The van der Waals surface area contributed by atoms with Gasteiger partial charge < -0.3 is 14.6 Å². The molecule has 1 saturated heterocycles. The fraction of sp³-hybridized carbons (Fsp3) is 0.423. The number of para-hydroxylation sites is 1. The van der Waals surface area contributed by atoms with Crippen molar-refractivity contribution in [1.29, 1.82) is 0 Å². The first-order chi connectivity index (χ1) is 15.6. The summed E-state index contributed by atoms with van der Waals surface area (Å²) in [7, 11) is 0. The topological polar surface area (TPSA) is 75.4 Å². The number of benzene rings is 1. The number of nitrogens with zero attached hydrogens (tertiary/aromatic N) is 2. The fourth-order valence-electron chi connectivity index (χ4n) is 5.04. The fourth-order valence-corrected chi connectivity index (χ4v) is 5.04. The van der Waals surface area contributed by atoms with Gasteiger partial charge in [-0.1, -0.05) is 25.1 Å². The largest absolute Gasteiger partial charge is 0.467 e. The number of hydrogen-bond donors (Lipinski definition) is 1. The summed E-state index contributed by atoms with van der Waals surface area (Å²) in [6.07, 6.45) is 5.91. The highest BCUT2D eigenvalue weighted by Gasteiger charge is 2.31. The number of pyridine rings is 1. The second kappa shape index (κ2) is 8.77. The molecule has 3 heterocycles. The molecule has 3 aromatic rings. The average Bonchev–Trinajstić information content (AvgIpc) is 3.34. The molecule has 1 aliphatic carbocycles. The number of carbonyl (C=O) groups is 2. The molecule has 6 nitrogen and oxygen atoms in total. The van der Waals surface area contributed by atoms with Gasteiger partial charge in [0.15, 0.2) is 0 Å². The van der Waals surface area contributed by atoms with Crippen molar-refractivity contribution in [3.05, 3.63) is 65.2 Å². The highest BCUT2D eigenvalue weighted by atomic mass is 16.3. The zero-order valence-electron chi connectivity index (χ0n) is 18.5. The van der Waals surface area contributed by atoms with Gasteiger partial charge in [0.1, 0.15) is 5.76 Å². The van der Waals surface area contributed by atoms with Crippen LogP contribution in [0.5, 0.6) is 0 Å². The molecule has 0 spiro atoms. The summed E-state index contributed by atoms with van der Waals surface area (Å²) in [4.78, 5) is 33.1. The zero-order chi connectivity index (χ0) is 22.1. The number of aryl methyl sites for hydroxylation is 1. The molecule has 6 heteroatoms. The van der Waals surface area contributed by atoms with Crippen molar-refractivity contribution < 1.29 is 14.0 Å². The van der Waals surface area contributed by atoms with Crippen LogP contribution < -0.4 is 5.32 Å². The molecule has 1 N–H and O–H groups in total. The van der Waals surface area contributed by atoms with E-state index < -0.39 is 0 Å². The summed E-state index contributed by atoms with van der Waals surface area (Å²) >= 11 is 0. The Labute approximate surface area is 188 Å². The van der Waals surface area contributed by atoms with Gasteiger partial charge in [0, 0.05) is 30.1 Å². The molecular weight excluding hydrogens is 402 g/mol. The van der Waals surface area contributed by atoms with Crippen LogP contribution in [0.3, 0.4) is 0 Å². The number of piperidine rings is 1. The first kappa shape index (κ1) is 20.7. The molecule has 2 amide bonds. The van der Waals surface area contributed by atoms with E-state index in [4.69, 9.17) is 9.40 Å². The molecule has 2 aliphatic rings. The van der Waals surface area contributed by atoms with Crippen molar-refractivity contribution in [3.8, 4) is 0 Å². The Morgan fingerprint density at radius 1 is 1.12 bits per heavy atom. The van der Waals surface area contributed by atoms with Crippen molar-refractivity contribution in [2.24, 2.45) is 11.8 Å². The predicted molar refractivity (Wildman–Crippen MR) is 122 cm³/mol. The van der Waals surface area contributed by atoms with Crippen LogP contribution in [0.15, 0.2) is 47.1 Å². The van der Waals surface area contributed by atoms with Crippen molar-refractivity contribution >= 4 is 22.7 Å². The van der Waals surface area contributed by atoms with Crippen LogP contribution in [0.1, 0.15) is 53.6 Å². The summed E-state index contributed by atoms with van der Waals surface area (Å²) in [5.74, 6) is 1.35. The van der Waals surface area contributed by atoms with Gasteiger partial charge in [0.05, 0.1) is 23.9 Å². The second-order valence-corrected chi connectivity index (χ2v) is 9.14. The maximum Gasteiger partial charge on any atom is 0.254 e. The SMILES string of the molecule is CC1CCc2nc3ccccc3c(C(=O)N3CCC(C(=O)NCc4ccco4)CC3)c2C1. The summed E-state index contributed by atoms with van der Waals surface area (Å²) in [6, 6.07) is 11.6. The number of furan rings is 1. The first-order valence-electron chi connectivity index (χ1n) is 11.6. The van der Waals surface area contributed by atoms with Crippen LogP contribution in [0.25, 0.3) is 10.9 Å². The molecule has 2 aromatic heterocycles. The van der Waals surface area contributed by atoms with Crippen LogP contribution >= 0.6 is 0 Å². The minimum Gasteiger partial charge on any atom is -0.467 e. The standard InChI is InChI=1S/C26H29N3O3/c1-17-8-9-23-21(15-17)24(20-6-2-3-7-22(20)28-23)26(31)29-12-10-18(11-13-29)25(30)27-16-19-5-4-14-32-19/h2-7,14,17-18H,8-13,15-16H2,1H3,(H,27,30). The summed E-state index contributed by atoms with van der Waals surface area (Å²) in [5.41, 5.74) is 3.94. The van der Waals surface area contributed by atoms with E-state index >= 15 is 0 Å². The maximum atomic E-state index is 13.7. The Balaban J connectivity index is 1.32. The Morgan fingerprint density at radius 2 is 1.94 bits per heavy atom. The van der Waals surface area contributed by atoms with E-state index in [2.05, 4.69) is 12.2 Å². The third kappa shape index (κ3) is 4.01. The molecular formula is C26H29N3O3. The molecule has 0 radical (unpaired) electrons. The van der Waals surface area contributed by atoms with E-state index in [1.54, 1.807) is 6.26 Å². The van der Waals surface area contributed by atoms with Crippen molar-refractivity contribution in [1.82, 2.24) is 15.2 Å². The van der Waals surface area contributed by atoms with E-state index in [0.717, 1.165) is 52.7 Å². The number of aromatic nitrogens is 1. The number of nitrogens with one attached hydrogen (secondary N) is 1. The Bertz CT molecular complexity index is 1130. The minimum absolute atomic E-state index is 0.0362. The molecule has 1 aromatic carbocycles. The second-order valence-electron chi connectivity index (χ2n) is 9.14. The molecule has 1 unspecified atom stereocenters. The molecule has 1 fully saturated rings. The Kier molecular flexibility index (Phi) is 5.68. The lowest BCUT2D eigenvalue weighted by atomic mass is 9.83. The van der Waals surface area contributed by atoms with Gasteiger partial charge in [-0.15, -0.1) is 0 Å². The van der Waals surface area contributed by atoms with Gasteiger partial charge in [-0.2, -0.15) is 0 Å². The molecule has 1 aliphatic heterocycles. The molecule has 0 bridgehead atoms. The third-order valence-corrected chi connectivity index (χ3v) is 6.89. The van der Waals surface area contributed by atoms with E-state index in [1.807, 2.05) is 41.3 Å². The van der Waals surface area contributed by atoms with E-state index in [0.29, 0.717) is 38.4 Å². The summed E-state index contributed by atoms with van der Waals surface area (Å²) in [5, 5.41) is 3.90. The number of fused-ring (bicyclic) bond motifs is 2. The number of likely N-dealkylation sites (tertiary alicyclic amines) is 1. The molecule has 0 saturated carbocycles. The number of hydrogen-bond acceptors (Lipinski definition) is 4. The summed E-state index contributed by atoms with van der Waals surface area (Å²) in [6.45, 7) is 3.84. The van der Waals surface area contributed by atoms with Gasteiger partial charge in [-0.05, 0) is 61.8 Å². The normalized spacial score (nSPS) is 19.0. The summed E-state index contributed by atoms with van der Waals surface area (Å²) < 4.78 is 5.28. The van der Waals surface area contributed by atoms with E-state index in [-0.39, 0.29) is 17.7 Å². The van der Waals surface area contributed by atoms with Crippen molar-refractivity contribution in [2.45, 2.75) is 45.6 Å². The van der Waals surface area contributed by atoms with Crippen LogP contribution in [-0.2, 0) is 24.2 Å².